The van der Waals surface area contributed by atoms with Crippen LogP contribution in [0.4, 0.5) is 0 Å². The summed E-state index contributed by atoms with van der Waals surface area (Å²) in [6.07, 6.45) is 1.43. The van der Waals surface area contributed by atoms with Crippen LogP contribution in [0.15, 0.2) is 65.4 Å². The Hall–Kier alpha value is -2.75. The summed E-state index contributed by atoms with van der Waals surface area (Å²) in [7, 11) is 0. The van der Waals surface area contributed by atoms with E-state index in [-0.39, 0.29) is 5.78 Å². The minimum Gasteiger partial charge on any atom is -0.345 e. The molecule has 0 atom stereocenters. The van der Waals surface area contributed by atoms with E-state index in [4.69, 9.17) is 4.52 Å². The van der Waals surface area contributed by atoms with Gasteiger partial charge in [0.2, 0.25) is 0 Å². The van der Waals surface area contributed by atoms with Gasteiger partial charge in [-0.05, 0) is 0 Å². The van der Waals surface area contributed by atoms with Gasteiger partial charge < -0.3 is 4.52 Å². The van der Waals surface area contributed by atoms with Crippen molar-refractivity contribution in [1.29, 1.82) is 0 Å². The molecule has 0 spiro atoms. The lowest BCUT2D eigenvalue weighted by Crippen LogP contribution is -2.03. The second kappa shape index (κ2) is 4.86. The van der Waals surface area contributed by atoms with Gasteiger partial charge in [-0.1, -0.05) is 54.6 Å². The summed E-state index contributed by atoms with van der Waals surface area (Å²) < 4.78 is 4.74. The van der Waals surface area contributed by atoms with Crippen LogP contribution < -0.4 is 0 Å². The van der Waals surface area contributed by atoms with Crippen molar-refractivity contribution in [1.82, 2.24) is 10.4 Å². The summed E-state index contributed by atoms with van der Waals surface area (Å²) in [5, 5.41) is 7.29. The largest absolute Gasteiger partial charge is 0.345 e. The average molecular weight is 250 g/mol. The van der Waals surface area contributed by atoms with Gasteiger partial charge in [-0.15, -0.1) is 5.10 Å². The number of ketones is 1. The summed E-state index contributed by atoms with van der Waals surface area (Å²) >= 11 is 0. The lowest BCUT2D eigenvalue weighted by molar-refractivity contribution is 0.103. The Morgan fingerprint density at radius 2 is 1.68 bits per heavy atom. The smallest absolute Gasteiger partial charge is 0.193 e. The number of carbonyl (C=O) groups is 1. The van der Waals surface area contributed by atoms with Gasteiger partial charge in [0.1, 0.15) is 5.69 Å². The predicted octanol–water partition coefficient (Wildman–Crippen LogP) is 2.97. The van der Waals surface area contributed by atoms with Gasteiger partial charge in [0, 0.05) is 22.0 Å². The molecule has 92 valence electrons. The zero-order chi connectivity index (χ0) is 13.1. The topological polar surface area (TPSA) is 56.0 Å². The molecule has 2 aromatic carbocycles. The lowest BCUT2D eigenvalue weighted by Gasteiger charge is -2.05. The second-order valence-electron chi connectivity index (χ2n) is 4.03. The van der Waals surface area contributed by atoms with Crippen LogP contribution in [0.1, 0.15) is 15.9 Å². The number of hydrogen-bond donors (Lipinski definition) is 0. The Morgan fingerprint density at radius 3 is 2.42 bits per heavy atom. The summed E-state index contributed by atoms with van der Waals surface area (Å²) in [4.78, 5) is 12.5. The highest BCUT2D eigenvalue weighted by molar-refractivity contribution is 6.12. The highest BCUT2D eigenvalue weighted by Gasteiger charge is 2.15. The number of aromatic nitrogens is 2. The number of nitrogens with zero attached hydrogens (tertiary/aromatic N) is 2. The molecule has 1 heterocycles. The fourth-order valence-corrected chi connectivity index (χ4v) is 1.93. The van der Waals surface area contributed by atoms with E-state index in [0.717, 1.165) is 5.56 Å². The third kappa shape index (κ3) is 2.15. The molecule has 0 aliphatic rings. The quantitative estimate of drug-likeness (QED) is 0.670. The maximum absolute atomic E-state index is 12.5. The van der Waals surface area contributed by atoms with E-state index in [2.05, 4.69) is 10.4 Å². The van der Waals surface area contributed by atoms with Crippen LogP contribution in [0.2, 0.25) is 0 Å². The molecule has 0 radical (unpaired) electrons. The van der Waals surface area contributed by atoms with Crippen LogP contribution in [0.5, 0.6) is 0 Å². The van der Waals surface area contributed by atoms with Crippen molar-refractivity contribution in [2.24, 2.45) is 0 Å². The molecule has 19 heavy (non-hydrogen) atoms. The molecule has 0 amide bonds. The summed E-state index contributed by atoms with van der Waals surface area (Å²) in [5.74, 6) is -0.0424. The first-order chi connectivity index (χ1) is 9.36. The maximum atomic E-state index is 12.5. The lowest BCUT2D eigenvalue weighted by atomic mass is 9.97. The Labute approximate surface area is 109 Å². The monoisotopic (exact) mass is 250 g/mol. The fraction of sp³-hybridized carbons (Fsp3) is 0. The van der Waals surface area contributed by atoms with E-state index in [1.165, 1.54) is 6.26 Å². The van der Waals surface area contributed by atoms with Crippen molar-refractivity contribution in [3.63, 3.8) is 0 Å². The zero-order valence-electron chi connectivity index (χ0n) is 9.98. The van der Waals surface area contributed by atoms with Crippen molar-refractivity contribution >= 4 is 5.78 Å². The molecule has 0 bridgehead atoms. The van der Waals surface area contributed by atoms with Crippen LogP contribution in [0.3, 0.4) is 0 Å². The van der Waals surface area contributed by atoms with Crippen molar-refractivity contribution in [3.05, 3.63) is 72.0 Å². The molecule has 0 unspecified atom stereocenters. The van der Waals surface area contributed by atoms with Crippen LogP contribution in [0.25, 0.3) is 11.3 Å². The molecule has 0 aliphatic carbocycles. The summed E-state index contributed by atoms with van der Waals surface area (Å²) in [5.41, 5.74) is 2.51. The van der Waals surface area contributed by atoms with Crippen molar-refractivity contribution in [3.8, 4) is 11.3 Å². The van der Waals surface area contributed by atoms with E-state index in [1.54, 1.807) is 18.2 Å². The molecule has 4 nitrogen and oxygen atoms in total. The van der Waals surface area contributed by atoms with Crippen LogP contribution in [0, 0.1) is 0 Å². The van der Waals surface area contributed by atoms with Gasteiger partial charge in [0.25, 0.3) is 0 Å². The van der Waals surface area contributed by atoms with Crippen LogP contribution in [-0.4, -0.2) is 16.2 Å². The van der Waals surface area contributed by atoms with Crippen molar-refractivity contribution < 1.29 is 9.32 Å². The normalized spacial score (nSPS) is 10.3. The van der Waals surface area contributed by atoms with Crippen LogP contribution >= 0.6 is 0 Å². The number of hydrogen-bond acceptors (Lipinski definition) is 4. The maximum Gasteiger partial charge on any atom is 0.193 e. The Balaban J connectivity index is 2.09. The number of carbonyl (C=O) groups excluding carboxylic acids is 1. The Morgan fingerprint density at radius 1 is 0.947 bits per heavy atom. The highest BCUT2D eigenvalue weighted by Crippen LogP contribution is 2.23. The molecular weight excluding hydrogens is 240 g/mol. The fourth-order valence-electron chi connectivity index (χ4n) is 1.93. The number of rotatable bonds is 3. The number of benzene rings is 2. The first-order valence-electron chi connectivity index (χ1n) is 5.82. The second-order valence-corrected chi connectivity index (χ2v) is 4.03. The average Bonchev–Trinajstić information content (AvgIpc) is 3.01. The van der Waals surface area contributed by atoms with E-state index in [0.29, 0.717) is 16.8 Å². The molecule has 0 aliphatic heterocycles. The summed E-state index contributed by atoms with van der Waals surface area (Å²) in [6.45, 7) is 0. The Bertz CT molecular complexity index is 691. The van der Waals surface area contributed by atoms with Gasteiger partial charge in [0.15, 0.2) is 12.0 Å². The Kier molecular flexibility index (Phi) is 2.90. The predicted molar refractivity (Wildman–Crippen MR) is 69.6 cm³/mol. The van der Waals surface area contributed by atoms with Gasteiger partial charge in [-0.3, -0.25) is 4.79 Å². The molecule has 0 fully saturated rings. The third-order valence-corrected chi connectivity index (χ3v) is 2.84. The van der Waals surface area contributed by atoms with E-state index in [1.807, 2.05) is 36.4 Å². The molecule has 4 heteroatoms. The van der Waals surface area contributed by atoms with E-state index < -0.39 is 0 Å². The van der Waals surface area contributed by atoms with Gasteiger partial charge >= 0.3 is 0 Å². The van der Waals surface area contributed by atoms with Crippen molar-refractivity contribution in [2.45, 2.75) is 0 Å². The van der Waals surface area contributed by atoms with Crippen LogP contribution in [-0.2, 0) is 0 Å². The molecule has 0 N–H and O–H groups in total. The van der Waals surface area contributed by atoms with Crippen molar-refractivity contribution in [2.75, 3.05) is 0 Å². The molecule has 0 saturated carbocycles. The standard InChI is InChI=1S/C15H10N2O2/c18-15(11-6-2-1-3-7-11)13-9-5-4-8-12(13)14-10-19-17-16-14/h1-10H. The van der Waals surface area contributed by atoms with Gasteiger partial charge in [0.05, 0.1) is 0 Å². The third-order valence-electron chi connectivity index (χ3n) is 2.84. The van der Waals surface area contributed by atoms with E-state index in [9.17, 15) is 4.79 Å². The van der Waals surface area contributed by atoms with Gasteiger partial charge in [-0.2, -0.15) is 0 Å². The molecule has 3 rings (SSSR count). The van der Waals surface area contributed by atoms with E-state index >= 15 is 0 Å². The van der Waals surface area contributed by atoms with Gasteiger partial charge in [-0.25, -0.2) is 0 Å². The molecule has 0 saturated heterocycles. The first-order valence-corrected chi connectivity index (χ1v) is 5.82. The zero-order valence-corrected chi connectivity index (χ0v) is 9.98. The highest BCUT2D eigenvalue weighted by atomic mass is 16.5. The minimum atomic E-state index is -0.0424. The molecule has 3 aromatic rings. The minimum absolute atomic E-state index is 0.0424. The summed E-state index contributed by atoms with van der Waals surface area (Å²) in [6, 6.07) is 16.4. The SMILES string of the molecule is O=C(c1ccccc1)c1ccccc1-c1conn1. The first kappa shape index (κ1) is 11.3. The molecular formula is C15H10N2O2. The molecule has 1 aromatic heterocycles.